The lowest BCUT2D eigenvalue weighted by atomic mass is 10.1. The molecule has 1 N–H and O–H groups in total. The van der Waals surface area contributed by atoms with Crippen molar-refractivity contribution in [3.63, 3.8) is 0 Å². The second kappa shape index (κ2) is 6.59. The molecular formula is C15H20BrNO3. The quantitative estimate of drug-likeness (QED) is 0.863. The van der Waals surface area contributed by atoms with Crippen molar-refractivity contribution < 1.29 is 14.6 Å². The van der Waals surface area contributed by atoms with Crippen LogP contribution < -0.4 is 4.74 Å². The SMILES string of the molecule is CCC(C)N(CC(=O)O)Cc1cc(Br)cc2c1OCC2. The molecule has 4 nitrogen and oxygen atoms in total. The molecule has 0 spiro atoms. The predicted molar refractivity (Wildman–Crippen MR) is 81.1 cm³/mol. The average molecular weight is 342 g/mol. The van der Waals surface area contributed by atoms with E-state index in [1.807, 2.05) is 11.0 Å². The van der Waals surface area contributed by atoms with Crippen molar-refractivity contribution in [2.75, 3.05) is 13.2 Å². The van der Waals surface area contributed by atoms with Gasteiger partial charge in [-0.3, -0.25) is 9.69 Å². The van der Waals surface area contributed by atoms with Crippen LogP contribution in [0.3, 0.4) is 0 Å². The van der Waals surface area contributed by atoms with Crippen LogP contribution in [-0.4, -0.2) is 35.2 Å². The summed E-state index contributed by atoms with van der Waals surface area (Å²) in [6.45, 7) is 5.49. The van der Waals surface area contributed by atoms with Gasteiger partial charge in [0.15, 0.2) is 0 Å². The number of ether oxygens (including phenoxy) is 1. The minimum atomic E-state index is -0.794. The zero-order valence-electron chi connectivity index (χ0n) is 11.9. The summed E-state index contributed by atoms with van der Waals surface area (Å²) < 4.78 is 6.73. The van der Waals surface area contributed by atoms with Crippen LogP contribution in [0.1, 0.15) is 31.4 Å². The van der Waals surface area contributed by atoms with Crippen LogP contribution in [-0.2, 0) is 17.8 Å². The summed E-state index contributed by atoms with van der Waals surface area (Å²) in [5, 5.41) is 9.07. The number of carboxylic acids is 1. The molecular weight excluding hydrogens is 322 g/mol. The monoisotopic (exact) mass is 341 g/mol. The van der Waals surface area contributed by atoms with E-state index in [0.717, 1.165) is 28.6 Å². The minimum Gasteiger partial charge on any atom is -0.493 e. The van der Waals surface area contributed by atoms with Crippen LogP contribution in [0, 0.1) is 0 Å². The van der Waals surface area contributed by atoms with E-state index >= 15 is 0 Å². The van der Waals surface area contributed by atoms with Crippen molar-refractivity contribution >= 4 is 21.9 Å². The molecule has 0 saturated heterocycles. The highest BCUT2D eigenvalue weighted by atomic mass is 79.9. The van der Waals surface area contributed by atoms with Crippen LogP contribution in [0.5, 0.6) is 5.75 Å². The van der Waals surface area contributed by atoms with Crippen LogP contribution in [0.15, 0.2) is 16.6 Å². The van der Waals surface area contributed by atoms with Crippen LogP contribution >= 0.6 is 15.9 Å². The van der Waals surface area contributed by atoms with Crippen molar-refractivity contribution in [3.8, 4) is 5.75 Å². The summed E-state index contributed by atoms with van der Waals surface area (Å²) in [6, 6.07) is 4.33. The third kappa shape index (κ3) is 3.52. The van der Waals surface area contributed by atoms with Gasteiger partial charge in [-0.15, -0.1) is 0 Å². The average Bonchev–Trinajstić information content (AvgIpc) is 2.84. The molecule has 1 aliphatic rings. The van der Waals surface area contributed by atoms with Gasteiger partial charge in [-0.25, -0.2) is 0 Å². The van der Waals surface area contributed by atoms with Gasteiger partial charge in [0, 0.05) is 29.0 Å². The van der Waals surface area contributed by atoms with E-state index in [0.29, 0.717) is 13.2 Å². The molecule has 1 heterocycles. The molecule has 0 amide bonds. The number of rotatable bonds is 6. The number of halogens is 1. The number of fused-ring (bicyclic) bond motifs is 1. The number of aliphatic carboxylic acids is 1. The van der Waals surface area contributed by atoms with Crippen molar-refractivity contribution in [2.24, 2.45) is 0 Å². The number of benzene rings is 1. The number of nitrogens with zero attached hydrogens (tertiary/aromatic N) is 1. The zero-order valence-corrected chi connectivity index (χ0v) is 13.4. The second-order valence-electron chi connectivity index (χ2n) is 5.21. The van der Waals surface area contributed by atoms with Crippen LogP contribution in [0.4, 0.5) is 0 Å². The minimum absolute atomic E-state index is 0.0519. The molecule has 0 bridgehead atoms. The van der Waals surface area contributed by atoms with Gasteiger partial charge in [0.2, 0.25) is 0 Å². The largest absolute Gasteiger partial charge is 0.493 e. The molecule has 110 valence electrons. The molecule has 1 unspecified atom stereocenters. The smallest absolute Gasteiger partial charge is 0.317 e. The lowest BCUT2D eigenvalue weighted by Crippen LogP contribution is -2.36. The Bertz CT molecular complexity index is 504. The van der Waals surface area contributed by atoms with Gasteiger partial charge in [0.1, 0.15) is 5.75 Å². The Morgan fingerprint density at radius 3 is 2.95 bits per heavy atom. The molecule has 5 heteroatoms. The molecule has 1 atom stereocenters. The van der Waals surface area contributed by atoms with Crippen molar-refractivity contribution in [1.29, 1.82) is 0 Å². The fourth-order valence-electron chi connectivity index (χ4n) is 2.48. The first-order valence-electron chi connectivity index (χ1n) is 6.91. The Kier molecular flexibility index (Phi) is 5.05. The molecule has 0 saturated carbocycles. The number of hydrogen-bond donors (Lipinski definition) is 1. The highest BCUT2D eigenvalue weighted by Crippen LogP contribution is 2.34. The first kappa shape index (κ1) is 15.3. The van der Waals surface area contributed by atoms with E-state index in [9.17, 15) is 4.79 Å². The first-order chi connectivity index (χ1) is 9.51. The number of hydrogen-bond acceptors (Lipinski definition) is 3. The molecule has 1 aliphatic heterocycles. The van der Waals surface area contributed by atoms with Gasteiger partial charge >= 0.3 is 5.97 Å². The highest BCUT2D eigenvalue weighted by molar-refractivity contribution is 9.10. The predicted octanol–water partition coefficient (Wildman–Crippen LogP) is 3.07. The fraction of sp³-hybridized carbons (Fsp3) is 0.533. The number of carboxylic acid groups (broad SMARTS) is 1. The maximum Gasteiger partial charge on any atom is 0.317 e. The van der Waals surface area contributed by atoms with E-state index in [1.165, 1.54) is 5.56 Å². The van der Waals surface area contributed by atoms with Gasteiger partial charge in [-0.1, -0.05) is 22.9 Å². The third-order valence-corrected chi connectivity index (χ3v) is 4.21. The van der Waals surface area contributed by atoms with E-state index in [-0.39, 0.29) is 12.6 Å². The molecule has 1 aromatic carbocycles. The molecule has 0 fully saturated rings. The second-order valence-corrected chi connectivity index (χ2v) is 6.12. The van der Waals surface area contributed by atoms with Crippen molar-refractivity contribution in [2.45, 2.75) is 39.3 Å². The Morgan fingerprint density at radius 2 is 2.30 bits per heavy atom. The number of carbonyl (C=O) groups is 1. The Morgan fingerprint density at radius 1 is 1.55 bits per heavy atom. The van der Waals surface area contributed by atoms with E-state index < -0.39 is 5.97 Å². The molecule has 2 rings (SSSR count). The summed E-state index contributed by atoms with van der Waals surface area (Å²) in [6.07, 6.45) is 1.84. The Labute approximate surface area is 127 Å². The summed E-state index contributed by atoms with van der Waals surface area (Å²) in [7, 11) is 0. The van der Waals surface area contributed by atoms with Crippen LogP contribution in [0.2, 0.25) is 0 Å². The van der Waals surface area contributed by atoms with Gasteiger partial charge in [-0.05, 0) is 31.0 Å². The lowest BCUT2D eigenvalue weighted by molar-refractivity contribution is -0.139. The Balaban J connectivity index is 2.24. The van der Waals surface area contributed by atoms with Crippen LogP contribution in [0.25, 0.3) is 0 Å². The summed E-state index contributed by atoms with van der Waals surface area (Å²) >= 11 is 3.52. The zero-order chi connectivity index (χ0) is 14.7. The lowest BCUT2D eigenvalue weighted by Gasteiger charge is -2.27. The van der Waals surface area contributed by atoms with Crippen molar-refractivity contribution in [1.82, 2.24) is 4.90 Å². The topological polar surface area (TPSA) is 49.8 Å². The maximum atomic E-state index is 11.0. The fourth-order valence-corrected chi connectivity index (χ4v) is 3.03. The molecule has 0 aliphatic carbocycles. The highest BCUT2D eigenvalue weighted by Gasteiger charge is 2.22. The summed E-state index contributed by atoms with van der Waals surface area (Å²) in [5.74, 6) is 0.143. The summed E-state index contributed by atoms with van der Waals surface area (Å²) in [4.78, 5) is 13.0. The summed E-state index contributed by atoms with van der Waals surface area (Å²) in [5.41, 5.74) is 2.27. The van der Waals surface area contributed by atoms with Gasteiger partial charge in [-0.2, -0.15) is 0 Å². The maximum absolute atomic E-state index is 11.0. The molecule has 1 aromatic rings. The molecule has 0 aromatic heterocycles. The van der Waals surface area contributed by atoms with Gasteiger partial charge in [0.05, 0.1) is 13.2 Å². The normalized spacial score (nSPS) is 15.0. The van der Waals surface area contributed by atoms with E-state index in [1.54, 1.807) is 0 Å². The molecule has 0 radical (unpaired) electrons. The van der Waals surface area contributed by atoms with Gasteiger partial charge in [0.25, 0.3) is 0 Å². The first-order valence-corrected chi connectivity index (χ1v) is 7.70. The molecule has 20 heavy (non-hydrogen) atoms. The van der Waals surface area contributed by atoms with E-state index in [2.05, 4.69) is 35.8 Å². The van der Waals surface area contributed by atoms with E-state index in [4.69, 9.17) is 9.84 Å². The third-order valence-electron chi connectivity index (χ3n) is 3.75. The Hall–Kier alpha value is -1.07. The standard InChI is InChI=1S/C15H20BrNO3/c1-3-10(2)17(9-14(18)19)8-12-7-13(16)6-11-4-5-20-15(11)12/h6-7,10H,3-5,8-9H2,1-2H3,(H,18,19). The van der Waals surface area contributed by atoms with Crippen molar-refractivity contribution in [3.05, 3.63) is 27.7 Å². The van der Waals surface area contributed by atoms with Gasteiger partial charge < -0.3 is 9.84 Å².